The van der Waals surface area contributed by atoms with Crippen LogP contribution in [0.15, 0.2) is 145 Å². The van der Waals surface area contributed by atoms with Gasteiger partial charge in [0.05, 0.1) is 23.0 Å². The van der Waals surface area contributed by atoms with Crippen LogP contribution in [0.25, 0.3) is 5.76 Å². The maximum atomic E-state index is 14.7. The molecule has 5 nitrogen and oxygen atoms in total. The topological polar surface area (TPSA) is 49.9 Å². The van der Waals surface area contributed by atoms with Gasteiger partial charge in [-0.15, -0.1) is 0 Å². The third-order valence-electron chi connectivity index (χ3n) is 8.42. The molecule has 6 heteroatoms. The highest BCUT2D eigenvalue weighted by Gasteiger charge is 2.55. The fraction of sp³-hybridized carbons (Fsp3) is 0.105. The number of nitrogens with zero attached hydrogens (tertiary/aromatic N) is 2. The Morgan fingerprint density at radius 2 is 1.32 bits per heavy atom. The third kappa shape index (κ3) is 4.57. The zero-order chi connectivity index (χ0) is 30.3. The molecule has 44 heavy (non-hydrogen) atoms. The third-order valence-corrected chi connectivity index (χ3v) is 8.67. The first kappa shape index (κ1) is 27.7. The summed E-state index contributed by atoms with van der Waals surface area (Å²) in [6, 6.07) is 43.4. The first-order valence-corrected chi connectivity index (χ1v) is 14.9. The molecular formula is C38H29ClN2O3. The lowest BCUT2D eigenvalue weighted by atomic mass is 9.87. The normalized spacial score (nSPS) is 19.5. The van der Waals surface area contributed by atoms with Gasteiger partial charge >= 0.3 is 0 Å². The second-order valence-corrected chi connectivity index (χ2v) is 11.5. The molecule has 0 bridgehead atoms. The Bertz CT molecular complexity index is 1870. The second-order valence-electron chi connectivity index (χ2n) is 11.0. The quantitative estimate of drug-likeness (QED) is 0.208. The van der Waals surface area contributed by atoms with Crippen LogP contribution < -0.4 is 9.80 Å². The zero-order valence-electron chi connectivity index (χ0n) is 24.1. The molecule has 5 aromatic carbocycles. The van der Waals surface area contributed by atoms with Gasteiger partial charge in [0, 0.05) is 28.1 Å². The number of para-hydroxylation sites is 2. The minimum absolute atomic E-state index is 0.179. The molecule has 0 unspecified atom stereocenters. The summed E-state index contributed by atoms with van der Waals surface area (Å²) in [6.07, 6.45) is 0.251. The highest BCUT2D eigenvalue weighted by atomic mass is 35.5. The predicted molar refractivity (Wildman–Crippen MR) is 174 cm³/mol. The highest BCUT2D eigenvalue weighted by Crippen LogP contribution is 2.55. The number of halogens is 1. The summed E-state index contributed by atoms with van der Waals surface area (Å²) in [5.74, 6) is 0.155. The Morgan fingerprint density at radius 3 is 1.98 bits per heavy atom. The number of hydrogen-bond acceptors (Lipinski definition) is 3. The molecule has 2 amide bonds. The Hall–Kier alpha value is -5.13. The van der Waals surface area contributed by atoms with Gasteiger partial charge in [0.15, 0.2) is 0 Å². The maximum absolute atomic E-state index is 14.7. The molecule has 2 aliphatic heterocycles. The van der Waals surface area contributed by atoms with Crippen LogP contribution in [0.3, 0.4) is 0 Å². The van der Waals surface area contributed by atoms with Crippen molar-refractivity contribution >= 4 is 40.5 Å². The molecule has 7 rings (SSSR count). The highest BCUT2D eigenvalue weighted by molar-refractivity contribution is 6.30. The Balaban J connectivity index is 1.54. The van der Waals surface area contributed by atoms with Gasteiger partial charge in [0.1, 0.15) is 5.76 Å². The standard InChI is InChI=1S/C38H29ClN2O3/c1-26-35(28-13-5-2-6-14-28)44-38(30-17-9-4-10-18-30)25-34(27-21-23-31(39)24-22-27)40(37(43)29-15-7-3-8-16-29)32-19-11-12-20-33(32)41(38)36(26)42/h2-24,34H,25H2,1H3/t34-,38+/m0/s1. The number of hydrogen-bond donors (Lipinski definition) is 0. The maximum Gasteiger partial charge on any atom is 0.261 e. The molecule has 0 aromatic heterocycles. The fourth-order valence-corrected chi connectivity index (χ4v) is 6.45. The van der Waals surface area contributed by atoms with E-state index < -0.39 is 11.8 Å². The summed E-state index contributed by atoms with van der Waals surface area (Å²) in [6.45, 7) is 1.80. The SMILES string of the molecule is CC1=C(c2ccccc2)O[C@@]2(c3ccccc3)C[C@@H](c3ccc(Cl)cc3)N(C(=O)c3ccccc3)c3ccccc3N2C1=O. The smallest absolute Gasteiger partial charge is 0.261 e. The lowest BCUT2D eigenvalue weighted by Gasteiger charge is -2.47. The molecule has 2 atom stereocenters. The van der Waals surface area contributed by atoms with Gasteiger partial charge in [-0.25, -0.2) is 0 Å². The summed E-state index contributed by atoms with van der Waals surface area (Å²) in [7, 11) is 0. The molecule has 0 radical (unpaired) electrons. The van der Waals surface area contributed by atoms with Crippen LogP contribution in [0.4, 0.5) is 11.4 Å². The number of ether oxygens (including phenoxy) is 1. The molecule has 0 spiro atoms. The summed E-state index contributed by atoms with van der Waals surface area (Å²) >= 11 is 6.35. The molecular weight excluding hydrogens is 568 g/mol. The van der Waals surface area contributed by atoms with E-state index in [-0.39, 0.29) is 18.2 Å². The molecule has 2 aliphatic rings. The Kier molecular flexibility index (Phi) is 7.03. The van der Waals surface area contributed by atoms with E-state index >= 15 is 0 Å². The number of carbonyl (C=O) groups excluding carboxylic acids is 2. The van der Waals surface area contributed by atoms with Crippen LogP contribution in [0.2, 0.25) is 5.02 Å². The average molecular weight is 597 g/mol. The predicted octanol–water partition coefficient (Wildman–Crippen LogP) is 8.78. The monoisotopic (exact) mass is 596 g/mol. The number of fused-ring (bicyclic) bond motifs is 3. The van der Waals surface area contributed by atoms with E-state index in [2.05, 4.69) is 0 Å². The van der Waals surface area contributed by atoms with Crippen LogP contribution in [0.5, 0.6) is 0 Å². The minimum atomic E-state index is -1.30. The lowest BCUT2D eigenvalue weighted by molar-refractivity contribution is -0.122. The van der Waals surface area contributed by atoms with Crippen molar-refractivity contribution in [1.29, 1.82) is 0 Å². The van der Waals surface area contributed by atoms with E-state index in [1.807, 2.05) is 144 Å². The van der Waals surface area contributed by atoms with Crippen molar-refractivity contribution in [2.45, 2.75) is 25.1 Å². The summed E-state index contributed by atoms with van der Waals surface area (Å²) in [4.78, 5) is 32.9. The minimum Gasteiger partial charge on any atom is -0.462 e. The summed E-state index contributed by atoms with van der Waals surface area (Å²) < 4.78 is 7.20. The van der Waals surface area contributed by atoms with Crippen LogP contribution in [-0.4, -0.2) is 11.8 Å². The van der Waals surface area contributed by atoms with Gasteiger partial charge in [0.25, 0.3) is 11.8 Å². The van der Waals surface area contributed by atoms with Crippen LogP contribution in [0.1, 0.15) is 46.4 Å². The largest absolute Gasteiger partial charge is 0.462 e. The molecule has 0 N–H and O–H groups in total. The molecule has 0 saturated carbocycles. The summed E-state index contributed by atoms with van der Waals surface area (Å²) in [5.41, 5.74) is 3.43. The average Bonchev–Trinajstić information content (AvgIpc) is 3.21. The Morgan fingerprint density at radius 1 is 0.750 bits per heavy atom. The molecule has 216 valence electrons. The van der Waals surface area contributed by atoms with Crippen molar-refractivity contribution in [1.82, 2.24) is 0 Å². The van der Waals surface area contributed by atoms with E-state index in [9.17, 15) is 9.59 Å². The molecule has 0 fully saturated rings. The van der Waals surface area contributed by atoms with Gasteiger partial charge in [0.2, 0.25) is 5.72 Å². The van der Waals surface area contributed by atoms with Gasteiger partial charge < -0.3 is 4.74 Å². The van der Waals surface area contributed by atoms with E-state index in [1.165, 1.54) is 0 Å². The first-order valence-electron chi connectivity index (χ1n) is 14.6. The number of rotatable bonds is 4. The van der Waals surface area contributed by atoms with Crippen LogP contribution in [0, 0.1) is 0 Å². The first-order chi connectivity index (χ1) is 21.5. The molecule has 2 heterocycles. The van der Waals surface area contributed by atoms with Crippen molar-refractivity contribution in [3.8, 4) is 0 Å². The second kappa shape index (κ2) is 11.2. The number of amides is 2. The van der Waals surface area contributed by atoms with E-state index in [1.54, 1.807) is 11.8 Å². The van der Waals surface area contributed by atoms with Crippen molar-refractivity contribution in [3.05, 3.63) is 172 Å². The van der Waals surface area contributed by atoms with Crippen molar-refractivity contribution in [2.75, 3.05) is 9.80 Å². The Labute approximate surface area is 261 Å². The molecule has 5 aromatic rings. The molecule has 0 aliphatic carbocycles. The number of benzene rings is 5. The van der Waals surface area contributed by atoms with E-state index in [0.717, 1.165) is 16.7 Å². The van der Waals surface area contributed by atoms with Gasteiger partial charge in [-0.05, 0) is 48.9 Å². The van der Waals surface area contributed by atoms with Gasteiger partial charge in [-0.2, -0.15) is 0 Å². The number of carbonyl (C=O) groups is 2. The fourth-order valence-electron chi connectivity index (χ4n) is 6.33. The van der Waals surface area contributed by atoms with E-state index in [0.29, 0.717) is 33.3 Å². The van der Waals surface area contributed by atoms with Crippen molar-refractivity contribution < 1.29 is 14.3 Å². The summed E-state index contributed by atoms with van der Waals surface area (Å²) in [5, 5.41) is 0.595. The zero-order valence-corrected chi connectivity index (χ0v) is 24.8. The van der Waals surface area contributed by atoms with Crippen LogP contribution in [-0.2, 0) is 15.3 Å². The van der Waals surface area contributed by atoms with Crippen molar-refractivity contribution in [2.24, 2.45) is 0 Å². The van der Waals surface area contributed by atoms with Gasteiger partial charge in [-0.1, -0.05) is 115 Å². The molecule has 0 saturated heterocycles. The van der Waals surface area contributed by atoms with Gasteiger partial charge in [-0.3, -0.25) is 19.4 Å². The van der Waals surface area contributed by atoms with E-state index in [4.69, 9.17) is 16.3 Å². The number of anilines is 2. The van der Waals surface area contributed by atoms with Crippen LogP contribution >= 0.6 is 11.6 Å². The van der Waals surface area contributed by atoms with Crippen molar-refractivity contribution in [3.63, 3.8) is 0 Å². The lowest BCUT2D eigenvalue weighted by Crippen LogP contribution is -2.55.